The number of likely N-dealkylation sites (N-methyl/N-ethyl adjacent to an activating group) is 1. The van der Waals surface area contributed by atoms with Crippen molar-refractivity contribution >= 4 is 33.3 Å². The summed E-state index contributed by atoms with van der Waals surface area (Å²) in [6, 6.07) is 13.2. The lowest BCUT2D eigenvalue weighted by atomic mass is 10.0. The third kappa shape index (κ3) is 11.2. The van der Waals surface area contributed by atoms with Crippen LogP contribution in [0.4, 0.5) is 29.3 Å². The van der Waals surface area contributed by atoms with E-state index in [9.17, 15) is 36.3 Å². The lowest BCUT2D eigenvalue weighted by Gasteiger charge is -2.35. The van der Waals surface area contributed by atoms with E-state index >= 15 is 0 Å². The smallest absolute Gasteiger partial charge is 0.416 e. The average molecular weight is 765 g/mol. The average Bonchev–Trinajstić information content (AvgIpc) is 3.12. The molecular weight excluding hydrogens is 717 g/mol. The highest BCUT2D eigenvalue weighted by atomic mass is 32.2. The number of halogens is 3. The van der Waals surface area contributed by atoms with E-state index in [4.69, 9.17) is 14.2 Å². The van der Waals surface area contributed by atoms with Gasteiger partial charge >= 0.3 is 12.2 Å². The Hall–Kier alpha value is -4.54. The Morgan fingerprint density at radius 2 is 1.72 bits per heavy atom. The van der Waals surface area contributed by atoms with Crippen molar-refractivity contribution in [2.24, 2.45) is 5.92 Å². The molecule has 0 aromatic heterocycles. The Balaban J connectivity index is 1.59. The van der Waals surface area contributed by atoms with Crippen LogP contribution >= 0.6 is 0 Å². The number of nitrogens with zero attached hydrogens (tertiary/aromatic N) is 2. The molecule has 0 fully saturated rings. The Labute approximate surface area is 308 Å². The maximum Gasteiger partial charge on any atom is 0.416 e. The number of anilines is 2. The fourth-order valence-corrected chi connectivity index (χ4v) is 6.78. The normalized spacial score (nSPS) is 19.6. The van der Waals surface area contributed by atoms with E-state index in [-0.39, 0.29) is 53.4 Å². The lowest BCUT2D eigenvalue weighted by molar-refractivity contribution is -0.137. The van der Waals surface area contributed by atoms with E-state index in [0.717, 1.165) is 18.6 Å². The summed E-state index contributed by atoms with van der Waals surface area (Å²) < 4.78 is 85.7. The number of urea groups is 1. The molecule has 53 heavy (non-hydrogen) atoms. The van der Waals surface area contributed by atoms with Crippen molar-refractivity contribution in [3.8, 4) is 11.5 Å². The van der Waals surface area contributed by atoms with Crippen molar-refractivity contribution in [3.63, 3.8) is 0 Å². The van der Waals surface area contributed by atoms with Gasteiger partial charge in [0.05, 0.1) is 48.0 Å². The number of methoxy groups -OCH3 is 1. The largest absolute Gasteiger partial charge is 0.497 e. The van der Waals surface area contributed by atoms with Crippen LogP contribution in [-0.4, -0.2) is 94.0 Å². The monoisotopic (exact) mass is 764 g/mol. The topological polar surface area (TPSA) is 147 Å². The molecule has 12 nitrogen and oxygen atoms in total. The fraction of sp³-hybridized carbons (Fsp3) is 0.459. The SMILES string of the molecule is COc1ccc(S(=O)(=O)Nc2ccc3c(c2)C(=O)N([C@@H](C)CO)C[C@H](C)[C@H](CN(C)C(=O)Nc2ccc(C(F)(F)F)cc2)OCCCC[C@@H](C)O3)cc1. The molecule has 1 heterocycles. The van der Waals surface area contributed by atoms with E-state index in [1.165, 1.54) is 72.5 Å². The molecule has 0 saturated heterocycles. The van der Waals surface area contributed by atoms with Crippen LogP contribution in [0.3, 0.4) is 0 Å². The summed E-state index contributed by atoms with van der Waals surface area (Å²) in [5.41, 5.74) is -0.445. The van der Waals surface area contributed by atoms with Gasteiger partial charge in [-0.05, 0) is 99.8 Å². The molecule has 16 heteroatoms. The second kappa shape index (κ2) is 18.0. The van der Waals surface area contributed by atoms with Gasteiger partial charge in [-0.1, -0.05) is 6.92 Å². The van der Waals surface area contributed by atoms with E-state index in [1.54, 1.807) is 13.0 Å². The standard InChI is InChI=1S/C37H47F3N4O8S/c1-24-21-44(25(2)23-45)35(46)32-20-29(42-53(48,49)31-16-14-30(50-5)15-17-31)13-18-33(32)52-26(3)8-6-7-19-51-34(24)22-43(4)36(47)41-28-11-9-27(10-12-28)37(38,39)40/h9-18,20,24-26,34,42,45H,6-8,19,21-23H2,1-5H3,(H,41,47)/t24-,25-,26+,34-/m0/s1. The third-order valence-electron chi connectivity index (χ3n) is 8.94. The van der Waals surface area contributed by atoms with Crippen LogP contribution in [0.25, 0.3) is 0 Å². The molecule has 0 bridgehead atoms. The van der Waals surface area contributed by atoms with Gasteiger partial charge in [0.15, 0.2) is 0 Å². The Morgan fingerprint density at radius 1 is 1.06 bits per heavy atom. The first-order chi connectivity index (χ1) is 25.0. The first kappa shape index (κ1) is 41.2. The number of nitrogens with one attached hydrogen (secondary N) is 2. The van der Waals surface area contributed by atoms with Gasteiger partial charge in [0.2, 0.25) is 0 Å². The predicted octanol–water partition coefficient (Wildman–Crippen LogP) is 6.47. The van der Waals surface area contributed by atoms with Crippen molar-refractivity contribution in [1.82, 2.24) is 9.80 Å². The zero-order chi connectivity index (χ0) is 38.9. The lowest BCUT2D eigenvalue weighted by Crippen LogP contribution is -2.48. The van der Waals surface area contributed by atoms with Gasteiger partial charge in [-0.2, -0.15) is 13.2 Å². The Kier molecular flexibility index (Phi) is 14.0. The highest BCUT2D eigenvalue weighted by molar-refractivity contribution is 7.92. The summed E-state index contributed by atoms with van der Waals surface area (Å²) in [7, 11) is -1.05. The molecule has 0 spiro atoms. The summed E-state index contributed by atoms with van der Waals surface area (Å²) in [6.07, 6.45) is -3.39. The summed E-state index contributed by atoms with van der Waals surface area (Å²) in [4.78, 5) is 30.3. The van der Waals surface area contributed by atoms with Crippen molar-refractivity contribution in [3.05, 3.63) is 77.9 Å². The number of aliphatic hydroxyl groups is 1. The molecule has 4 rings (SSSR count). The highest BCUT2D eigenvalue weighted by Gasteiger charge is 2.32. The van der Waals surface area contributed by atoms with Gasteiger partial charge in [-0.3, -0.25) is 9.52 Å². The van der Waals surface area contributed by atoms with Crippen molar-refractivity contribution < 1.29 is 50.5 Å². The van der Waals surface area contributed by atoms with Crippen LogP contribution in [0, 0.1) is 5.92 Å². The molecule has 3 aromatic carbocycles. The van der Waals surface area contributed by atoms with Crippen LogP contribution in [-0.2, 0) is 20.9 Å². The third-order valence-corrected chi connectivity index (χ3v) is 10.3. The number of ether oxygens (including phenoxy) is 3. The van der Waals surface area contributed by atoms with Gasteiger partial charge in [0, 0.05) is 44.0 Å². The van der Waals surface area contributed by atoms with E-state index in [1.807, 2.05) is 13.8 Å². The number of aliphatic hydroxyl groups excluding tert-OH is 1. The molecule has 1 aliphatic rings. The zero-order valence-corrected chi connectivity index (χ0v) is 31.2. The molecule has 0 aliphatic carbocycles. The number of alkyl halides is 3. The van der Waals surface area contributed by atoms with E-state index in [0.29, 0.717) is 25.2 Å². The molecular formula is C37H47F3N4O8S. The van der Waals surface area contributed by atoms with Crippen molar-refractivity contribution in [1.29, 1.82) is 0 Å². The molecule has 290 valence electrons. The summed E-state index contributed by atoms with van der Waals surface area (Å²) in [5.74, 6) is -0.171. The summed E-state index contributed by atoms with van der Waals surface area (Å²) in [5, 5.41) is 12.8. The molecule has 3 aromatic rings. The van der Waals surface area contributed by atoms with E-state index in [2.05, 4.69) is 10.0 Å². The molecule has 3 N–H and O–H groups in total. The summed E-state index contributed by atoms with van der Waals surface area (Å²) in [6.45, 7) is 5.52. The minimum absolute atomic E-state index is 0.0111. The number of benzene rings is 3. The van der Waals surface area contributed by atoms with Gasteiger partial charge < -0.3 is 34.4 Å². The first-order valence-corrected chi connectivity index (χ1v) is 18.7. The molecule has 0 radical (unpaired) electrons. The van der Waals surface area contributed by atoms with Gasteiger partial charge in [0.25, 0.3) is 15.9 Å². The van der Waals surface area contributed by atoms with Gasteiger partial charge in [0.1, 0.15) is 11.5 Å². The number of carbonyl (C=O) groups is 2. The molecule has 0 saturated carbocycles. The number of amides is 3. The number of sulfonamides is 1. The van der Waals surface area contributed by atoms with Crippen LogP contribution in [0.2, 0.25) is 0 Å². The number of hydrogen-bond donors (Lipinski definition) is 3. The fourth-order valence-electron chi connectivity index (χ4n) is 5.73. The second-order valence-corrected chi connectivity index (χ2v) is 14.9. The number of carbonyl (C=O) groups excluding carboxylic acids is 2. The van der Waals surface area contributed by atoms with Crippen molar-refractivity contribution in [2.75, 3.05) is 50.5 Å². The van der Waals surface area contributed by atoms with Crippen LogP contribution < -0.4 is 19.5 Å². The van der Waals surface area contributed by atoms with Gasteiger partial charge in [-0.15, -0.1) is 0 Å². The number of rotatable bonds is 9. The van der Waals surface area contributed by atoms with Crippen LogP contribution in [0.5, 0.6) is 11.5 Å². The predicted molar refractivity (Wildman–Crippen MR) is 194 cm³/mol. The van der Waals surface area contributed by atoms with Gasteiger partial charge in [-0.25, -0.2) is 13.2 Å². The number of fused-ring (bicyclic) bond motifs is 1. The Morgan fingerprint density at radius 3 is 2.34 bits per heavy atom. The minimum atomic E-state index is -4.51. The van der Waals surface area contributed by atoms with Crippen molar-refractivity contribution in [2.45, 2.75) is 69.4 Å². The maximum atomic E-state index is 14.4. The van der Waals surface area contributed by atoms with Crippen LogP contribution in [0.15, 0.2) is 71.6 Å². The Bertz CT molecular complexity index is 1790. The molecule has 3 amide bonds. The molecule has 4 atom stereocenters. The quantitative estimate of drug-likeness (QED) is 0.225. The van der Waals surface area contributed by atoms with E-state index < -0.39 is 51.8 Å². The second-order valence-electron chi connectivity index (χ2n) is 13.2. The maximum absolute atomic E-state index is 14.4. The summed E-state index contributed by atoms with van der Waals surface area (Å²) >= 11 is 0. The first-order valence-electron chi connectivity index (χ1n) is 17.2. The van der Waals surface area contributed by atoms with Crippen LogP contribution in [0.1, 0.15) is 56.0 Å². The number of hydrogen-bond acceptors (Lipinski definition) is 8. The zero-order valence-electron chi connectivity index (χ0n) is 30.4. The highest BCUT2D eigenvalue weighted by Crippen LogP contribution is 2.31. The minimum Gasteiger partial charge on any atom is -0.497 e. The molecule has 0 unspecified atom stereocenters. The molecule has 1 aliphatic heterocycles.